The number of sulfonamides is 1. The second-order valence-electron chi connectivity index (χ2n) is 4.76. The summed E-state index contributed by atoms with van der Waals surface area (Å²) in [7, 11) is 0.0430. The zero-order valence-corrected chi connectivity index (χ0v) is 13.8. The SMILES string of the molecule is COc1cc(F)c(S(=O)(=O)N(C)Cc2cccnc2)cc1OC. The van der Waals surface area contributed by atoms with Crippen molar-refractivity contribution in [1.82, 2.24) is 9.29 Å². The van der Waals surface area contributed by atoms with E-state index in [1.54, 1.807) is 24.5 Å². The first kappa shape index (κ1) is 17.2. The average Bonchev–Trinajstić information content (AvgIpc) is 2.55. The molecule has 0 fully saturated rings. The molecule has 0 aliphatic heterocycles. The first-order valence-electron chi connectivity index (χ1n) is 6.67. The van der Waals surface area contributed by atoms with Gasteiger partial charge in [0.15, 0.2) is 11.5 Å². The predicted octanol–water partition coefficient (Wildman–Crippen LogP) is 2.06. The Labute approximate surface area is 134 Å². The standard InChI is InChI=1S/C15H17FN2O4S/c1-18(10-11-5-4-6-17-9-11)23(19,20)15-8-14(22-3)13(21-2)7-12(15)16/h4-9H,10H2,1-3H3. The van der Waals surface area contributed by atoms with E-state index in [9.17, 15) is 12.8 Å². The van der Waals surface area contributed by atoms with Crippen LogP contribution in [0.3, 0.4) is 0 Å². The van der Waals surface area contributed by atoms with Gasteiger partial charge in [-0.3, -0.25) is 4.98 Å². The summed E-state index contributed by atoms with van der Waals surface area (Å²) < 4.78 is 50.4. The maximum absolute atomic E-state index is 14.2. The molecule has 0 aliphatic rings. The highest BCUT2D eigenvalue weighted by molar-refractivity contribution is 7.89. The van der Waals surface area contributed by atoms with Gasteiger partial charge in [-0.1, -0.05) is 6.07 Å². The lowest BCUT2D eigenvalue weighted by molar-refractivity contribution is 0.349. The Morgan fingerprint density at radius 2 is 1.87 bits per heavy atom. The topological polar surface area (TPSA) is 68.7 Å². The van der Waals surface area contributed by atoms with Crippen LogP contribution < -0.4 is 9.47 Å². The van der Waals surface area contributed by atoms with Gasteiger partial charge in [-0.2, -0.15) is 4.31 Å². The summed E-state index contributed by atoms with van der Waals surface area (Å²) >= 11 is 0. The van der Waals surface area contributed by atoms with Crippen LogP contribution in [0.5, 0.6) is 11.5 Å². The number of nitrogens with zero attached hydrogens (tertiary/aromatic N) is 2. The number of halogens is 1. The molecule has 0 amide bonds. The normalized spacial score (nSPS) is 11.5. The second kappa shape index (κ2) is 6.93. The lowest BCUT2D eigenvalue weighted by atomic mass is 10.3. The van der Waals surface area contributed by atoms with E-state index in [1.807, 2.05) is 0 Å². The maximum atomic E-state index is 14.2. The minimum Gasteiger partial charge on any atom is -0.493 e. The van der Waals surface area contributed by atoms with E-state index >= 15 is 0 Å². The first-order valence-corrected chi connectivity index (χ1v) is 8.11. The molecule has 0 aliphatic carbocycles. The molecule has 2 rings (SSSR count). The van der Waals surface area contributed by atoms with E-state index in [-0.39, 0.29) is 18.0 Å². The molecule has 0 bridgehead atoms. The molecule has 2 aromatic rings. The highest BCUT2D eigenvalue weighted by atomic mass is 32.2. The van der Waals surface area contributed by atoms with E-state index in [1.165, 1.54) is 21.3 Å². The van der Waals surface area contributed by atoms with E-state index in [2.05, 4.69) is 4.98 Å². The van der Waals surface area contributed by atoms with Crippen LogP contribution in [0, 0.1) is 5.82 Å². The number of hydrogen-bond donors (Lipinski definition) is 0. The third-order valence-electron chi connectivity index (χ3n) is 3.25. The summed E-state index contributed by atoms with van der Waals surface area (Å²) in [5.74, 6) is -0.637. The van der Waals surface area contributed by atoms with Crippen molar-refractivity contribution in [2.75, 3.05) is 21.3 Å². The zero-order chi connectivity index (χ0) is 17.0. The Morgan fingerprint density at radius 3 is 2.43 bits per heavy atom. The van der Waals surface area contributed by atoms with Crippen molar-refractivity contribution in [3.05, 3.63) is 48.0 Å². The van der Waals surface area contributed by atoms with Crippen molar-refractivity contribution in [1.29, 1.82) is 0 Å². The zero-order valence-electron chi connectivity index (χ0n) is 13.0. The smallest absolute Gasteiger partial charge is 0.246 e. The van der Waals surface area contributed by atoms with Crippen LogP contribution in [0.15, 0.2) is 41.6 Å². The number of methoxy groups -OCH3 is 2. The quantitative estimate of drug-likeness (QED) is 0.805. The molecule has 1 aromatic carbocycles. The van der Waals surface area contributed by atoms with Crippen LogP contribution in [0.1, 0.15) is 5.56 Å². The summed E-state index contributed by atoms with van der Waals surface area (Å²) in [5.41, 5.74) is 0.694. The third-order valence-corrected chi connectivity index (χ3v) is 5.07. The third kappa shape index (κ3) is 3.59. The molecular weight excluding hydrogens is 323 g/mol. The van der Waals surface area contributed by atoms with Crippen molar-refractivity contribution in [3.63, 3.8) is 0 Å². The summed E-state index contributed by atoms with van der Waals surface area (Å²) in [6, 6.07) is 5.55. The Balaban J connectivity index is 2.39. The molecule has 0 N–H and O–H groups in total. The van der Waals surface area contributed by atoms with Crippen LogP contribution in [-0.2, 0) is 16.6 Å². The fourth-order valence-corrected chi connectivity index (χ4v) is 3.25. The minimum absolute atomic E-state index is 0.0734. The Bertz CT molecular complexity index is 782. The van der Waals surface area contributed by atoms with Crippen molar-refractivity contribution in [2.45, 2.75) is 11.4 Å². The highest BCUT2D eigenvalue weighted by Gasteiger charge is 2.27. The molecule has 0 saturated heterocycles. The Morgan fingerprint density at radius 1 is 1.22 bits per heavy atom. The first-order chi connectivity index (χ1) is 10.9. The number of rotatable bonds is 6. The van der Waals surface area contributed by atoms with E-state index in [4.69, 9.17) is 9.47 Å². The Kier molecular flexibility index (Phi) is 5.17. The molecule has 0 atom stereocenters. The van der Waals surface area contributed by atoms with Crippen LogP contribution >= 0.6 is 0 Å². The van der Waals surface area contributed by atoms with Gasteiger partial charge in [-0.25, -0.2) is 12.8 Å². The van der Waals surface area contributed by atoms with E-state index in [0.29, 0.717) is 5.56 Å². The van der Waals surface area contributed by atoms with Gasteiger partial charge < -0.3 is 9.47 Å². The van der Waals surface area contributed by atoms with Gasteiger partial charge in [-0.15, -0.1) is 0 Å². The van der Waals surface area contributed by atoms with E-state index < -0.39 is 20.7 Å². The number of hydrogen-bond acceptors (Lipinski definition) is 5. The van der Waals surface area contributed by atoms with Crippen molar-refractivity contribution in [2.24, 2.45) is 0 Å². The molecule has 23 heavy (non-hydrogen) atoms. The maximum Gasteiger partial charge on any atom is 0.246 e. The van der Waals surface area contributed by atoms with Gasteiger partial charge >= 0.3 is 0 Å². The van der Waals surface area contributed by atoms with Crippen LogP contribution in [0.2, 0.25) is 0 Å². The van der Waals surface area contributed by atoms with Crippen molar-refractivity contribution in [3.8, 4) is 11.5 Å². The number of pyridine rings is 1. The fourth-order valence-electron chi connectivity index (χ4n) is 2.03. The van der Waals surface area contributed by atoms with Gasteiger partial charge in [0.05, 0.1) is 14.2 Å². The number of aromatic nitrogens is 1. The van der Waals surface area contributed by atoms with Crippen LogP contribution in [0.25, 0.3) is 0 Å². The minimum atomic E-state index is -4.03. The highest BCUT2D eigenvalue weighted by Crippen LogP contribution is 2.33. The molecule has 124 valence electrons. The van der Waals surface area contributed by atoms with Gasteiger partial charge in [0.2, 0.25) is 10.0 Å². The van der Waals surface area contributed by atoms with Gasteiger partial charge in [0, 0.05) is 38.1 Å². The van der Waals surface area contributed by atoms with Gasteiger partial charge in [0.1, 0.15) is 10.7 Å². The van der Waals surface area contributed by atoms with Gasteiger partial charge in [0.25, 0.3) is 0 Å². The molecule has 0 spiro atoms. The van der Waals surface area contributed by atoms with E-state index in [0.717, 1.165) is 16.4 Å². The largest absolute Gasteiger partial charge is 0.493 e. The average molecular weight is 340 g/mol. The molecule has 1 aromatic heterocycles. The second-order valence-corrected chi connectivity index (χ2v) is 6.77. The molecule has 8 heteroatoms. The molecular formula is C15H17FN2O4S. The van der Waals surface area contributed by atoms with Crippen molar-refractivity contribution >= 4 is 10.0 Å². The fraction of sp³-hybridized carbons (Fsp3) is 0.267. The molecule has 0 unspecified atom stereocenters. The van der Waals surface area contributed by atoms with Crippen LogP contribution in [-0.4, -0.2) is 39.0 Å². The summed E-state index contributed by atoms with van der Waals surface area (Å²) in [6.07, 6.45) is 3.14. The Hall–Kier alpha value is -2.19. The lowest BCUT2D eigenvalue weighted by Gasteiger charge is -2.18. The van der Waals surface area contributed by atoms with Crippen molar-refractivity contribution < 1.29 is 22.3 Å². The number of benzene rings is 1. The molecule has 0 saturated carbocycles. The summed E-state index contributed by atoms with van der Waals surface area (Å²) in [4.78, 5) is 3.46. The number of ether oxygens (including phenoxy) is 2. The lowest BCUT2D eigenvalue weighted by Crippen LogP contribution is -2.27. The van der Waals surface area contributed by atoms with Gasteiger partial charge in [-0.05, 0) is 11.6 Å². The predicted molar refractivity (Wildman–Crippen MR) is 82.4 cm³/mol. The van der Waals surface area contributed by atoms with Crippen LogP contribution in [0.4, 0.5) is 4.39 Å². The summed E-state index contributed by atoms with van der Waals surface area (Å²) in [5, 5.41) is 0. The summed E-state index contributed by atoms with van der Waals surface area (Å²) in [6.45, 7) is 0.0734. The monoisotopic (exact) mass is 340 g/mol. The molecule has 0 radical (unpaired) electrons. The molecule has 1 heterocycles. The molecule has 6 nitrogen and oxygen atoms in total.